The van der Waals surface area contributed by atoms with Crippen LogP contribution in [0.2, 0.25) is 0 Å². The van der Waals surface area contributed by atoms with Gasteiger partial charge in [-0.2, -0.15) is 0 Å². The second-order valence-electron chi connectivity index (χ2n) is 6.37. The third-order valence-electron chi connectivity index (χ3n) is 4.01. The molecule has 1 aliphatic heterocycles. The van der Waals surface area contributed by atoms with Crippen LogP contribution >= 0.6 is 0 Å². The second-order valence-corrected chi connectivity index (χ2v) is 6.37. The summed E-state index contributed by atoms with van der Waals surface area (Å²) in [6, 6.07) is 0.514. The van der Waals surface area contributed by atoms with Crippen LogP contribution in [0.15, 0.2) is 35.0 Å². The Hall–Kier alpha value is -1.70. The monoisotopic (exact) mass is 349 g/mol. The van der Waals surface area contributed by atoms with Gasteiger partial charge in [-0.25, -0.2) is 4.99 Å². The van der Waals surface area contributed by atoms with Crippen LogP contribution in [0.25, 0.3) is 0 Å². The first kappa shape index (κ1) is 21.3. The van der Waals surface area contributed by atoms with Crippen molar-refractivity contribution < 1.29 is 0 Å². The summed E-state index contributed by atoms with van der Waals surface area (Å²) in [7, 11) is 0. The molecule has 0 radical (unpaired) electrons. The fourth-order valence-corrected chi connectivity index (χ4v) is 2.82. The van der Waals surface area contributed by atoms with Gasteiger partial charge in [-0.05, 0) is 33.2 Å². The summed E-state index contributed by atoms with van der Waals surface area (Å²) in [5, 5.41) is 9.90. The lowest BCUT2D eigenvalue weighted by Gasteiger charge is -2.38. The molecule has 0 bridgehead atoms. The molecule has 0 saturated carbocycles. The minimum Gasteiger partial charge on any atom is -0.374 e. The van der Waals surface area contributed by atoms with E-state index in [1.54, 1.807) is 18.6 Å². The molecular weight excluding hydrogens is 314 g/mol. The van der Waals surface area contributed by atoms with Gasteiger partial charge in [0, 0.05) is 37.9 Å². The van der Waals surface area contributed by atoms with Gasteiger partial charge >= 0.3 is 0 Å². The summed E-state index contributed by atoms with van der Waals surface area (Å²) in [5.74, 6) is 0.662. The Morgan fingerprint density at radius 2 is 2.28 bits per heavy atom. The number of allylic oxidation sites excluding steroid dienone is 1. The van der Waals surface area contributed by atoms with Crippen molar-refractivity contribution in [1.29, 1.82) is 0 Å². The van der Waals surface area contributed by atoms with Gasteiger partial charge in [-0.3, -0.25) is 15.2 Å². The zero-order valence-corrected chi connectivity index (χ0v) is 15.7. The smallest absolute Gasteiger partial charge is 0.120 e. The summed E-state index contributed by atoms with van der Waals surface area (Å²) in [4.78, 5) is 11.0. The summed E-state index contributed by atoms with van der Waals surface area (Å²) >= 11 is 0. The van der Waals surface area contributed by atoms with Crippen molar-refractivity contribution in [1.82, 2.24) is 20.9 Å². The van der Waals surface area contributed by atoms with E-state index in [1.165, 1.54) is 0 Å². The number of aliphatic imine (C=N–C) groups is 2. The Labute approximate surface area is 152 Å². The van der Waals surface area contributed by atoms with Crippen molar-refractivity contribution in [3.8, 4) is 0 Å². The van der Waals surface area contributed by atoms with E-state index < -0.39 is 0 Å². The molecular formula is C18H35N7. The molecule has 1 heterocycles. The number of nitrogens with two attached hydrogens (primary N) is 1. The molecule has 1 saturated heterocycles. The molecule has 1 rings (SSSR count). The number of nitrogens with zero attached hydrogens (tertiary/aromatic N) is 3. The van der Waals surface area contributed by atoms with Crippen molar-refractivity contribution >= 4 is 12.6 Å². The number of hydrogen-bond acceptors (Lipinski definition) is 6. The van der Waals surface area contributed by atoms with E-state index in [-0.39, 0.29) is 18.2 Å². The van der Waals surface area contributed by atoms with Gasteiger partial charge in [0.25, 0.3) is 0 Å². The fourth-order valence-electron chi connectivity index (χ4n) is 2.82. The Morgan fingerprint density at radius 1 is 1.48 bits per heavy atom. The van der Waals surface area contributed by atoms with E-state index in [1.807, 2.05) is 6.92 Å². The van der Waals surface area contributed by atoms with Gasteiger partial charge in [-0.15, -0.1) is 0 Å². The molecule has 1 fully saturated rings. The molecule has 142 valence electrons. The van der Waals surface area contributed by atoms with Gasteiger partial charge in [0.05, 0.1) is 19.0 Å². The van der Waals surface area contributed by atoms with Gasteiger partial charge in [0.1, 0.15) is 5.82 Å². The average molecular weight is 350 g/mol. The van der Waals surface area contributed by atoms with E-state index in [0.717, 1.165) is 39.0 Å². The van der Waals surface area contributed by atoms with Crippen LogP contribution in [0.4, 0.5) is 0 Å². The number of rotatable bonds is 12. The van der Waals surface area contributed by atoms with Crippen LogP contribution in [0.5, 0.6) is 0 Å². The van der Waals surface area contributed by atoms with E-state index in [4.69, 9.17) is 5.73 Å². The predicted octanol–water partition coefficient (Wildman–Crippen LogP) is 0.669. The minimum absolute atomic E-state index is 0.174. The number of piperidine rings is 1. The van der Waals surface area contributed by atoms with Crippen LogP contribution in [-0.2, 0) is 0 Å². The molecule has 3 atom stereocenters. The molecule has 0 aliphatic carbocycles. The van der Waals surface area contributed by atoms with Gasteiger partial charge in [0.15, 0.2) is 0 Å². The van der Waals surface area contributed by atoms with E-state index >= 15 is 0 Å². The predicted molar refractivity (Wildman–Crippen MR) is 108 cm³/mol. The van der Waals surface area contributed by atoms with E-state index in [0.29, 0.717) is 12.4 Å². The van der Waals surface area contributed by atoms with Crippen LogP contribution in [0.1, 0.15) is 26.7 Å². The second kappa shape index (κ2) is 12.6. The van der Waals surface area contributed by atoms with Crippen LogP contribution in [-0.4, -0.2) is 68.4 Å². The Morgan fingerprint density at radius 3 is 2.96 bits per heavy atom. The molecule has 25 heavy (non-hydrogen) atoms. The molecule has 7 heteroatoms. The van der Waals surface area contributed by atoms with Gasteiger partial charge in [0.2, 0.25) is 0 Å². The largest absolute Gasteiger partial charge is 0.374 e. The Balaban J connectivity index is 2.47. The lowest BCUT2D eigenvalue weighted by molar-refractivity contribution is 0.122. The van der Waals surface area contributed by atoms with Crippen LogP contribution < -0.4 is 21.7 Å². The van der Waals surface area contributed by atoms with Crippen molar-refractivity contribution in [2.24, 2.45) is 15.7 Å². The highest BCUT2D eigenvalue weighted by Gasteiger charge is 2.24. The zero-order chi connectivity index (χ0) is 18.5. The molecule has 0 aromatic heterocycles. The quantitative estimate of drug-likeness (QED) is 0.307. The maximum absolute atomic E-state index is 6.13. The highest BCUT2D eigenvalue weighted by molar-refractivity contribution is 5.70. The summed E-state index contributed by atoms with van der Waals surface area (Å²) in [5.41, 5.74) is 6.13. The number of likely N-dealkylation sites (tertiary alicyclic amines) is 1. The maximum atomic E-state index is 6.13. The average Bonchev–Trinajstić information content (AvgIpc) is 2.58. The van der Waals surface area contributed by atoms with Crippen LogP contribution in [0, 0.1) is 0 Å². The van der Waals surface area contributed by atoms with Crippen molar-refractivity contribution in [2.45, 2.75) is 44.9 Å². The summed E-state index contributed by atoms with van der Waals surface area (Å²) in [6.07, 6.45) is 7.55. The summed E-state index contributed by atoms with van der Waals surface area (Å²) in [6.45, 7) is 15.9. The van der Waals surface area contributed by atoms with Crippen molar-refractivity contribution in [3.05, 3.63) is 25.1 Å². The van der Waals surface area contributed by atoms with Gasteiger partial charge in [-0.1, -0.05) is 19.2 Å². The first-order valence-corrected chi connectivity index (χ1v) is 9.12. The number of nitrogens with one attached hydrogen (secondary N) is 3. The third kappa shape index (κ3) is 9.38. The third-order valence-corrected chi connectivity index (χ3v) is 4.01. The van der Waals surface area contributed by atoms with Crippen molar-refractivity contribution in [2.75, 3.05) is 32.7 Å². The Bertz CT molecular complexity index is 447. The molecule has 0 spiro atoms. The maximum Gasteiger partial charge on any atom is 0.120 e. The molecule has 0 aromatic carbocycles. The van der Waals surface area contributed by atoms with E-state index in [9.17, 15) is 0 Å². The fraction of sp³-hybridized carbons (Fsp3) is 0.667. The van der Waals surface area contributed by atoms with Crippen LogP contribution in [0.3, 0.4) is 0 Å². The minimum atomic E-state index is 0.174. The molecule has 5 N–H and O–H groups in total. The summed E-state index contributed by atoms with van der Waals surface area (Å²) < 4.78 is 0. The standard InChI is InChI=1S/C18H35N7/c1-5-9-20-12-18(25-10-7-8-17(19)13-25)24-15(3)11-21-14-23-16(4)22-6-2/h5,9,14-15,17-18,22,24H,1,4,6-8,10-13,19H2,2-3H3,(H,21,23)/t15?,17-,18?/m1/s1. The SMILES string of the molecule is C=CC=NCC(NC(C)CNC=NC(=C)NCC)N1CCC[C@@H](N)C1. The lowest BCUT2D eigenvalue weighted by Crippen LogP contribution is -2.57. The molecule has 0 amide bonds. The lowest BCUT2D eigenvalue weighted by atomic mass is 10.1. The van der Waals surface area contributed by atoms with Gasteiger partial charge < -0.3 is 16.4 Å². The van der Waals surface area contributed by atoms with Crippen molar-refractivity contribution in [3.63, 3.8) is 0 Å². The molecule has 7 nitrogen and oxygen atoms in total. The normalized spacial score (nSPS) is 21.3. The molecule has 1 aliphatic rings. The molecule has 2 unspecified atom stereocenters. The number of hydrogen-bond donors (Lipinski definition) is 4. The van der Waals surface area contributed by atoms with E-state index in [2.05, 4.69) is 50.9 Å². The topological polar surface area (TPSA) is 90.1 Å². The highest BCUT2D eigenvalue weighted by Crippen LogP contribution is 2.11. The first-order valence-electron chi connectivity index (χ1n) is 9.12. The first-order chi connectivity index (χ1) is 12.1. The highest BCUT2D eigenvalue weighted by atomic mass is 15.3. The Kier molecular flexibility index (Phi) is 10.8. The molecule has 0 aromatic rings. The zero-order valence-electron chi connectivity index (χ0n) is 15.7.